The minimum absolute atomic E-state index is 0.607. The van der Waals surface area contributed by atoms with Gasteiger partial charge in [-0.05, 0) is 49.4 Å². The molecule has 1 aliphatic heterocycles. The standard InChI is InChI=1S/C20H29N3S/c1-6-7-8-18-13-24-20(23(18)12-14(2)3)22-19-10-15(4)17(11-21)9-16(19)5/h9-10,14,18H,6-8,12-13H2,1-5H3/t18-/m0/s1. The number of benzene rings is 1. The van der Waals surface area contributed by atoms with E-state index in [9.17, 15) is 5.26 Å². The lowest BCUT2D eigenvalue weighted by molar-refractivity contribution is 0.295. The number of unbranched alkanes of at least 4 members (excludes halogenated alkanes) is 1. The summed E-state index contributed by atoms with van der Waals surface area (Å²) in [5, 5.41) is 10.3. The second-order valence-corrected chi connectivity index (χ2v) is 8.10. The first-order valence-corrected chi connectivity index (χ1v) is 9.94. The van der Waals surface area contributed by atoms with E-state index in [4.69, 9.17) is 4.99 Å². The first-order chi connectivity index (χ1) is 11.5. The van der Waals surface area contributed by atoms with Gasteiger partial charge >= 0.3 is 0 Å². The van der Waals surface area contributed by atoms with E-state index in [1.165, 1.54) is 19.3 Å². The minimum atomic E-state index is 0.607. The highest BCUT2D eigenvalue weighted by molar-refractivity contribution is 8.14. The average Bonchev–Trinajstić information content (AvgIpc) is 2.89. The maximum Gasteiger partial charge on any atom is 0.164 e. The zero-order chi connectivity index (χ0) is 17.7. The first kappa shape index (κ1) is 18.9. The van der Waals surface area contributed by atoms with Gasteiger partial charge in [0.05, 0.1) is 17.3 Å². The van der Waals surface area contributed by atoms with Gasteiger partial charge in [-0.15, -0.1) is 0 Å². The van der Waals surface area contributed by atoms with Crippen LogP contribution in [0.1, 0.15) is 56.7 Å². The number of nitrogens with zero attached hydrogens (tertiary/aromatic N) is 3. The molecule has 0 radical (unpaired) electrons. The third-order valence-electron chi connectivity index (χ3n) is 4.42. The van der Waals surface area contributed by atoms with Gasteiger partial charge in [-0.3, -0.25) is 0 Å². The van der Waals surface area contributed by atoms with Crippen LogP contribution in [0.3, 0.4) is 0 Å². The smallest absolute Gasteiger partial charge is 0.164 e. The molecule has 1 saturated heterocycles. The van der Waals surface area contributed by atoms with Crippen molar-refractivity contribution in [3.05, 3.63) is 28.8 Å². The number of amidine groups is 1. The van der Waals surface area contributed by atoms with Gasteiger partial charge in [0, 0.05) is 18.3 Å². The van der Waals surface area contributed by atoms with Gasteiger partial charge in [-0.2, -0.15) is 5.26 Å². The lowest BCUT2D eigenvalue weighted by Crippen LogP contribution is -2.36. The SMILES string of the molecule is CCCC[C@H]1CSC(=Nc2cc(C)c(C#N)cc2C)N1CC(C)C. The molecular formula is C20H29N3S. The van der Waals surface area contributed by atoms with Crippen LogP contribution < -0.4 is 0 Å². The Morgan fingerprint density at radius 1 is 1.33 bits per heavy atom. The van der Waals surface area contributed by atoms with E-state index in [2.05, 4.69) is 31.7 Å². The molecule has 1 fully saturated rings. The van der Waals surface area contributed by atoms with Crippen molar-refractivity contribution in [1.82, 2.24) is 4.90 Å². The summed E-state index contributed by atoms with van der Waals surface area (Å²) in [5.41, 5.74) is 3.82. The van der Waals surface area contributed by atoms with Crippen molar-refractivity contribution in [1.29, 1.82) is 5.26 Å². The molecular weight excluding hydrogens is 314 g/mol. The van der Waals surface area contributed by atoms with Crippen LogP contribution in [0.15, 0.2) is 17.1 Å². The third-order valence-corrected chi connectivity index (χ3v) is 5.56. The fourth-order valence-electron chi connectivity index (χ4n) is 3.04. The van der Waals surface area contributed by atoms with E-state index >= 15 is 0 Å². The van der Waals surface area contributed by atoms with Crippen molar-refractivity contribution in [2.75, 3.05) is 12.3 Å². The van der Waals surface area contributed by atoms with Crippen molar-refractivity contribution < 1.29 is 0 Å². The van der Waals surface area contributed by atoms with Gasteiger partial charge in [-0.1, -0.05) is 45.4 Å². The Kier molecular flexibility index (Phi) is 6.74. The van der Waals surface area contributed by atoms with Crippen molar-refractivity contribution in [2.45, 2.75) is 59.9 Å². The Hall–Kier alpha value is -1.47. The zero-order valence-corrected chi connectivity index (χ0v) is 16.4. The molecule has 1 aromatic rings. The second kappa shape index (κ2) is 8.58. The quantitative estimate of drug-likeness (QED) is 0.691. The lowest BCUT2D eigenvalue weighted by atomic mass is 10.0. The fraction of sp³-hybridized carbons (Fsp3) is 0.600. The van der Waals surface area contributed by atoms with Crippen LogP contribution in [-0.2, 0) is 0 Å². The number of rotatable bonds is 6. The van der Waals surface area contributed by atoms with Crippen LogP contribution in [0.5, 0.6) is 0 Å². The predicted octanol–water partition coefficient (Wildman–Crippen LogP) is 5.43. The molecule has 2 rings (SSSR count). The number of hydrogen-bond acceptors (Lipinski definition) is 3. The number of nitriles is 1. The summed E-state index contributed by atoms with van der Waals surface area (Å²) < 4.78 is 0. The van der Waals surface area contributed by atoms with Crippen molar-refractivity contribution in [3.63, 3.8) is 0 Å². The van der Waals surface area contributed by atoms with E-state index in [0.717, 1.165) is 39.8 Å². The van der Waals surface area contributed by atoms with Gasteiger partial charge < -0.3 is 4.90 Å². The van der Waals surface area contributed by atoms with Crippen LogP contribution in [0, 0.1) is 31.1 Å². The predicted molar refractivity (Wildman–Crippen MR) is 105 cm³/mol. The molecule has 1 atom stereocenters. The van der Waals surface area contributed by atoms with Crippen LogP contribution in [-0.4, -0.2) is 28.4 Å². The highest BCUT2D eigenvalue weighted by atomic mass is 32.2. The molecule has 1 aliphatic rings. The van der Waals surface area contributed by atoms with Crippen LogP contribution in [0.2, 0.25) is 0 Å². The average molecular weight is 344 g/mol. The summed E-state index contributed by atoms with van der Waals surface area (Å²) in [5.74, 6) is 1.77. The van der Waals surface area contributed by atoms with Gasteiger partial charge in [0.25, 0.3) is 0 Å². The third kappa shape index (κ3) is 4.54. The molecule has 3 nitrogen and oxygen atoms in total. The molecule has 0 aromatic heterocycles. The lowest BCUT2D eigenvalue weighted by Gasteiger charge is -2.27. The zero-order valence-electron chi connectivity index (χ0n) is 15.6. The minimum Gasteiger partial charge on any atom is -0.347 e. The molecule has 0 spiro atoms. The van der Waals surface area contributed by atoms with Crippen LogP contribution in [0.4, 0.5) is 5.69 Å². The highest BCUT2D eigenvalue weighted by Crippen LogP contribution is 2.32. The Bertz CT molecular complexity index is 643. The Balaban J connectivity index is 2.30. The molecule has 0 saturated carbocycles. The summed E-state index contributed by atoms with van der Waals surface area (Å²) in [4.78, 5) is 7.49. The molecule has 0 unspecified atom stereocenters. The summed E-state index contributed by atoms with van der Waals surface area (Å²) in [6.45, 7) is 11.9. The summed E-state index contributed by atoms with van der Waals surface area (Å²) in [6.07, 6.45) is 3.78. The van der Waals surface area contributed by atoms with Gasteiger partial charge in [0.15, 0.2) is 5.17 Å². The maximum absolute atomic E-state index is 9.18. The van der Waals surface area contributed by atoms with Crippen LogP contribution in [0.25, 0.3) is 0 Å². The van der Waals surface area contributed by atoms with Gasteiger partial charge in [0.2, 0.25) is 0 Å². The molecule has 4 heteroatoms. The van der Waals surface area contributed by atoms with E-state index < -0.39 is 0 Å². The molecule has 0 aliphatic carbocycles. The van der Waals surface area contributed by atoms with E-state index in [-0.39, 0.29) is 0 Å². The van der Waals surface area contributed by atoms with Crippen LogP contribution >= 0.6 is 11.8 Å². The monoisotopic (exact) mass is 343 g/mol. The largest absolute Gasteiger partial charge is 0.347 e. The topological polar surface area (TPSA) is 39.4 Å². The van der Waals surface area contributed by atoms with Crippen molar-refractivity contribution in [2.24, 2.45) is 10.9 Å². The molecule has 1 aromatic carbocycles. The van der Waals surface area contributed by atoms with E-state index in [1.807, 2.05) is 37.7 Å². The van der Waals surface area contributed by atoms with Gasteiger partial charge in [0.1, 0.15) is 0 Å². The highest BCUT2D eigenvalue weighted by Gasteiger charge is 2.30. The number of aliphatic imine (C=N–C) groups is 1. The van der Waals surface area contributed by atoms with Crippen molar-refractivity contribution in [3.8, 4) is 6.07 Å². The normalized spacial score (nSPS) is 19.3. The summed E-state index contributed by atoms with van der Waals surface area (Å²) in [6, 6.07) is 6.87. The summed E-state index contributed by atoms with van der Waals surface area (Å²) >= 11 is 1.88. The molecule has 130 valence electrons. The molecule has 1 heterocycles. The fourth-order valence-corrected chi connectivity index (χ4v) is 4.28. The van der Waals surface area contributed by atoms with E-state index in [1.54, 1.807) is 0 Å². The second-order valence-electron chi connectivity index (χ2n) is 7.11. The Morgan fingerprint density at radius 2 is 2.08 bits per heavy atom. The maximum atomic E-state index is 9.18. The van der Waals surface area contributed by atoms with Crippen molar-refractivity contribution >= 4 is 22.6 Å². The number of thioether (sulfide) groups is 1. The molecule has 24 heavy (non-hydrogen) atoms. The first-order valence-electron chi connectivity index (χ1n) is 8.95. The molecule has 0 amide bonds. The van der Waals surface area contributed by atoms with E-state index in [0.29, 0.717) is 12.0 Å². The summed E-state index contributed by atoms with van der Waals surface area (Å²) in [7, 11) is 0. The molecule has 0 bridgehead atoms. The molecule has 0 N–H and O–H groups in total. The Morgan fingerprint density at radius 3 is 2.71 bits per heavy atom. The number of hydrogen-bond donors (Lipinski definition) is 0. The Labute approximate surface area is 151 Å². The van der Waals surface area contributed by atoms with Gasteiger partial charge in [-0.25, -0.2) is 4.99 Å². The number of aryl methyl sites for hydroxylation is 2.